The third-order valence-electron chi connectivity index (χ3n) is 8.38. The molecule has 0 saturated heterocycles. The Bertz CT molecular complexity index is 1770. The van der Waals surface area contributed by atoms with Crippen molar-refractivity contribution >= 4 is 52.4 Å². The van der Waals surface area contributed by atoms with Gasteiger partial charge in [-0.25, -0.2) is 4.79 Å². The molecular weight excluding hydrogens is 700 g/mol. The number of benzene rings is 2. The summed E-state index contributed by atoms with van der Waals surface area (Å²) in [6.07, 6.45) is 3.28. The van der Waals surface area contributed by atoms with Crippen molar-refractivity contribution in [2.75, 3.05) is 19.6 Å². The van der Waals surface area contributed by atoms with Crippen molar-refractivity contribution in [2.45, 2.75) is 76.0 Å². The predicted octanol–water partition coefficient (Wildman–Crippen LogP) is -0.999. The lowest BCUT2D eigenvalue weighted by Crippen LogP contribution is -2.57. The van der Waals surface area contributed by atoms with Gasteiger partial charge >= 0.3 is 5.97 Å². The summed E-state index contributed by atoms with van der Waals surface area (Å²) in [7, 11) is 0. The van der Waals surface area contributed by atoms with E-state index in [-0.39, 0.29) is 50.4 Å². The number of carbonyl (C=O) groups is 6. The molecule has 18 nitrogen and oxygen atoms in total. The zero-order valence-corrected chi connectivity index (χ0v) is 30.1. The molecule has 0 fully saturated rings. The fraction of sp³-hybridized carbons (Fsp3) is 0.417. The molecule has 5 amide bonds. The van der Waals surface area contributed by atoms with Crippen molar-refractivity contribution in [1.29, 1.82) is 0 Å². The number of para-hydroxylation sites is 1. The number of fused-ring (bicyclic) bond motifs is 1. The minimum atomic E-state index is -1.30. The first kappa shape index (κ1) is 42.2. The van der Waals surface area contributed by atoms with Crippen LogP contribution in [0.15, 0.2) is 59.7 Å². The zero-order chi connectivity index (χ0) is 39.6. The van der Waals surface area contributed by atoms with Gasteiger partial charge in [0, 0.05) is 43.4 Å². The maximum absolute atomic E-state index is 13.8. The van der Waals surface area contributed by atoms with Gasteiger partial charge in [0.1, 0.15) is 29.9 Å². The molecule has 4 atom stereocenters. The number of carbonyl (C=O) groups excluding carboxylic acids is 5. The Hall–Kier alpha value is -6.17. The van der Waals surface area contributed by atoms with Gasteiger partial charge in [-0.1, -0.05) is 30.3 Å². The number of amides is 5. The molecule has 292 valence electrons. The van der Waals surface area contributed by atoms with E-state index in [1.165, 1.54) is 19.1 Å². The molecule has 0 aliphatic heterocycles. The van der Waals surface area contributed by atoms with Crippen LogP contribution < -0.4 is 43.8 Å². The van der Waals surface area contributed by atoms with Gasteiger partial charge in [-0.05, 0) is 68.0 Å². The Balaban J connectivity index is 1.76. The number of unbranched alkanes of at least 4 members (excludes halogenated alkanes) is 1. The zero-order valence-electron chi connectivity index (χ0n) is 30.1. The minimum Gasteiger partial charge on any atom is -0.508 e. The van der Waals surface area contributed by atoms with Crippen LogP contribution in [0.3, 0.4) is 0 Å². The van der Waals surface area contributed by atoms with Crippen LogP contribution in [0.5, 0.6) is 5.75 Å². The lowest BCUT2D eigenvalue weighted by atomic mass is 10.0. The fourth-order valence-electron chi connectivity index (χ4n) is 5.66. The molecule has 18 heteroatoms. The summed E-state index contributed by atoms with van der Waals surface area (Å²) in [5, 5.41) is 33.2. The molecule has 0 saturated carbocycles. The number of nitrogens with two attached hydrogens (primary N) is 3. The van der Waals surface area contributed by atoms with E-state index in [9.17, 15) is 39.0 Å². The van der Waals surface area contributed by atoms with Gasteiger partial charge in [0.15, 0.2) is 5.96 Å². The van der Waals surface area contributed by atoms with E-state index >= 15 is 0 Å². The number of aromatic nitrogens is 1. The van der Waals surface area contributed by atoms with Crippen LogP contribution in [0.4, 0.5) is 0 Å². The van der Waals surface area contributed by atoms with E-state index in [0.717, 1.165) is 10.9 Å². The maximum Gasteiger partial charge on any atom is 0.326 e. The molecule has 0 radical (unpaired) electrons. The van der Waals surface area contributed by atoms with Gasteiger partial charge in [0.2, 0.25) is 29.5 Å². The number of carboxylic acid groups (broad SMARTS) is 1. The lowest BCUT2D eigenvalue weighted by Gasteiger charge is -2.25. The first-order valence-electron chi connectivity index (χ1n) is 17.5. The number of hydrogen-bond acceptors (Lipinski definition) is 9. The Morgan fingerprint density at radius 3 is 2.07 bits per heavy atom. The average molecular weight is 751 g/mol. The largest absolute Gasteiger partial charge is 0.508 e. The second kappa shape index (κ2) is 21.4. The molecule has 0 aliphatic rings. The van der Waals surface area contributed by atoms with E-state index in [4.69, 9.17) is 17.2 Å². The van der Waals surface area contributed by atoms with Gasteiger partial charge in [-0.15, -0.1) is 0 Å². The molecule has 0 unspecified atom stereocenters. The van der Waals surface area contributed by atoms with Crippen LogP contribution in [0, 0.1) is 0 Å². The molecule has 54 heavy (non-hydrogen) atoms. The first-order valence-corrected chi connectivity index (χ1v) is 17.5. The van der Waals surface area contributed by atoms with Gasteiger partial charge < -0.3 is 59.0 Å². The predicted molar refractivity (Wildman–Crippen MR) is 201 cm³/mol. The first-order chi connectivity index (χ1) is 25.8. The van der Waals surface area contributed by atoms with Gasteiger partial charge in [-0.2, -0.15) is 0 Å². The van der Waals surface area contributed by atoms with Crippen LogP contribution in [0.1, 0.15) is 50.2 Å². The van der Waals surface area contributed by atoms with E-state index in [2.05, 4.69) is 36.6 Å². The Kier molecular flexibility index (Phi) is 16.7. The number of guanidine groups is 1. The van der Waals surface area contributed by atoms with E-state index < -0.39 is 66.2 Å². The summed E-state index contributed by atoms with van der Waals surface area (Å²) in [5.74, 6) is -4.83. The molecule has 1 heterocycles. The fourth-order valence-corrected chi connectivity index (χ4v) is 5.66. The Labute approximate surface area is 312 Å². The quantitative estimate of drug-likeness (QED) is 0.0336. The highest BCUT2D eigenvalue weighted by Gasteiger charge is 2.30. The summed E-state index contributed by atoms with van der Waals surface area (Å²) < 4.78 is 0. The SMILES string of the molecule is CC(=O)N[C@@H](CCCCN)C(=O)N[C@@H](CCCN=C(N)N)C(=O)N[C@@H](Cc1ccc(O)cc1)C(=O)NCC(=O)N[C@@H](Cc1c[nH]c2ccccc12)C(=O)O. The summed E-state index contributed by atoms with van der Waals surface area (Å²) >= 11 is 0. The monoisotopic (exact) mass is 750 g/mol. The highest BCUT2D eigenvalue weighted by molar-refractivity contribution is 5.95. The van der Waals surface area contributed by atoms with Gasteiger partial charge in [0.05, 0.1) is 6.54 Å². The van der Waals surface area contributed by atoms with Gasteiger partial charge in [-0.3, -0.25) is 29.0 Å². The maximum atomic E-state index is 13.8. The van der Waals surface area contributed by atoms with Crippen LogP contribution in [-0.4, -0.2) is 100 Å². The molecule has 0 spiro atoms. The molecular formula is C36H50N10O8. The number of nitrogens with zero attached hydrogens (tertiary/aromatic N) is 1. The molecule has 0 bridgehead atoms. The number of aliphatic imine (C=N–C) groups is 1. The lowest BCUT2D eigenvalue weighted by molar-refractivity contribution is -0.141. The molecule has 3 aromatic rings. The van der Waals surface area contributed by atoms with Crippen molar-refractivity contribution < 1.29 is 39.0 Å². The number of hydrogen-bond donors (Lipinski definition) is 11. The molecule has 3 rings (SSSR count). The molecule has 0 aliphatic carbocycles. The number of rotatable bonds is 22. The number of carboxylic acids is 1. The highest BCUT2D eigenvalue weighted by Crippen LogP contribution is 2.19. The van der Waals surface area contributed by atoms with Crippen molar-refractivity contribution in [3.63, 3.8) is 0 Å². The topological polar surface area (TPSA) is 309 Å². The number of phenolic OH excluding ortho intramolecular Hbond substituents is 1. The van der Waals surface area contributed by atoms with Crippen LogP contribution >= 0.6 is 0 Å². The number of phenols is 1. The number of nitrogens with one attached hydrogen (secondary N) is 6. The van der Waals surface area contributed by atoms with Crippen molar-refractivity contribution in [2.24, 2.45) is 22.2 Å². The third kappa shape index (κ3) is 14.1. The van der Waals surface area contributed by atoms with Crippen molar-refractivity contribution in [3.8, 4) is 5.75 Å². The average Bonchev–Trinajstić information content (AvgIpc) is 3.54. The number of aliphatic carboxylic acids is 1. The van der Waals surface area contributed by atoms with E-state index in [0.29, 0.717) is 30.5 Å². The second-order valence-electron chi connectivity index (χ2n) is 12.7. The summed E-state index contributed by atoms with van der Waals surface area (Å²) in [6.45, 7) is 1.18. The molecule has 2 aromatic carbocycles. The standard InChI is InChI=1S/C36H50N10O8/c1-21(47)43-27(9-4-5-15-37)33(51)45-28(10-6-16-40-36(38)39)34(52)46-29(17-22-11-13-24(48)14-12-22)32(50)42-20-31(49)44-30(35(53)54)18-23-19-41-26-8-3-2-7-25(23)26/h2-3,7-8,11-14,19,27-30,41,48H,4-6,9-10,15-18,20,37H2,1H3,(H,42,50)(H,43,47)(H,44,49)(H,45,51)(H,46,52)(H,53,54)(H4,38,39,40)/t27-,28-,29-,30-/m0/s1. The molecule has 1 aromatic heterocycles. The smallest absolute Gasteiger partial charge is 0.326 e. The van der Waals surface area contributed by atoms with Gasteiger partial charge in [0.25, 0.3) is 0 Å². The Morgan fingerprint density at radius 2 is 1.43 bits per heavy atom. The second-order valence-corrected chi connectivity index (χ2v) is 12.7. The molecule has 14 N–H and O–H groups in total. The third-order valence-corrected chi connectivity index (χ3v) is 8.38. The Morgan fingerprint density at radius 1 is 0.778 bits per heavy atom. The van der Waals surface area contributed by atoms with Crippen LogP contribution in [0.25, 0.3) is 10.9 Å². The number of aromatic hydroxyl groups is 1. The van der Waals surface area contributed by atoms with Crippen molar-refractivity contribution in [1.82, 2.24) is 31.6 Å². The summed E-state index contributed by atoms with van der Waals surface area (Å²) in [6, 6.07) is 8.46. The highest BCUT2D eigenvalue weighted by atomic mass is 16.4. The van der Waals surface area contributed by atoms with E-state index in [1.54, 1.807) is 18.3 Å². The van der Waals surface area contributed by atoms with Crippen LogP contribution in [0.2, 0.25) is 0 Å². The minimum absolute atomic E-state index is 0.0231. The van der Waals surface area contributed by atoms with Crippen molar-refractivity contribution in [3.05, 3.63) is 65.9 Å². The van der Waals surface area contributed by atoms with Crippen LogP contribution in [-0.2, 0) is 41.6 Å². The number of aromatic amines is 1. The van der Waals surface area contributed by atoms with E-state index in [1.807, 2.05) is 24.3 Å². The normalized spacial score (nSPS) is 13.1. The summed E-state index contributed by atoms with van der Waals surface area (Å²) in [4.78, 5) is 84.6. The number of H-pyrrole nitrogens is 1. The summed E-state index contributed by atoms with van der Waals surface area (Å²) in [5.41, 5.74) is 18.5.